The summed E-state index contributed by atoms with van der Waals surface area (Å²) in [6.45, 7) is 3.36. The number of alkyl halides is 3. The molecule has 3 fully saturated rings. The van der Waals surface area contributed by atoms with Gasteiger partial charge in [-0.15, -0.1) is 0 Å². The van der Waals surface area contributed by atoms with Gasteiger partial charge in [0.15, 0.2) is 5.82 Å². The molecule has 5 atom stereocenters. The number of halogens is 4. The maximum absolute atomic E-state index is 13.2. The molecule has 1 saturated heterocycles. The van der Waals surface area contributed by atoms with Crippen LogP contribution >= 0.6 is 0 Å². The maximum Gasteiger partial charge on any atom is 0.511 e. The third-order valence-electron chi connectivity index (χ3n) is 7.22. The van der Waals surface area contributed by atoms with Crippen LogP contribution in [0.5, 0.6) is 0 Å². The Morgan fingerprint density at radius 1 is 1.28 bits per heavy atom. The van der Waals surface area contributed by atoms with Gasteiger partial charge < -0.3 is 14.4 Å². The zero-order chi connectivity index (χ0) is 26.3. The van der Waals surface area contributed by atoms with Crippen LogP contribution in [0.1, 0.15) is 58.2 Å². The van der Waals surface area contributed by atoms with Gasteiger partial charge >= 0.3 is 21.6 Å². The zero-order valence-corrected chi connectivity index (χ0v) is 20.8. The molecule has 1 N–H and O–H groups in total. The quantitative estimate of drug-likeness (QED) is 0.531. The molecule has 0 aromatic carbocycles. The van der Waals surface area contributed by atoms with Crippen molar-refractivity contribution in [1.29, 1.82) is 0 Å². The van der Waals surface area contributed by atoms with E-state index in [2.05, 4.69) is 9.97 Å². The third-order valence-corrected chi connectivity index (χ3v) is 8.44. The molecule has 2 saturated carbocycles. The smallest absolute Gasteiger partial charge is 0.447 e. The fourth-order valence-electron chi connectivity index (χ4n) is 5.35. The van der Waals surface area contributed by atoms with E-state index >= 15 is 0 Å². The van der Waals surface area contributed by atoms with Crippen LogP contribution in [-0.2, 0) is 24.9 Å². The first-order valence-corrected chi connectivity index (χ1v) is 13.5. The molecular weight excluding hydrogens is 508 g/mol. The first kappa shape index (κ1) is 27.0. The topological polar surface area (TPSA) is 111 Å². The van der Waals surface area contributed by atoms with Gasteiger partial charge in [0.25, 0.3) is 0 Å². The highest BCUT2D eigenvalue weighted by Crippen LogP contribution is 2.61. The second kappa shape index (κ2) is 10.0. The van der Waals surface area contributed by atoms with Crippen LogP contribution in [0.3, 0.4) is 0 Å². The van der Waals surface area contributed by atoms with Gasteiger partial charge in [-0.25, -0.2) is 32.3 Å². The normalized spacial score (nSPS) is 30.7. The Morgan fingerprint density at radius 2 is 1.97 bits per heavy atom. The minimum absolute atomic E-state index is 0.118. The highest BCUT2D eigenvalue weighted by Gasteiger charge is 2.60. The Labute approximate surface area is 207 Å². The van der Waals surface area contributed by atoms with Crippen LogP contribution in [0.2, 0.25) is 0 Å². The van der Waals surface area contributed by atoms with Crippen molar-refractivity contribution in [3.8, 4) is 0 Å². The molecule has 9 nitrogen and oxygen atoms in total. The molecule has 3 aliphatic rings. The molecule has 14 heteroatoms. The van der Waals surface area contributed by atoms with E-state index < -0.39 is 45.6 Å². The van der Waals surface area contributed by atoms with E-state index in [1.807, 2.05) is 0 Å². The van der Waals surface area contributed by atoms with Crippen LogP contribution in [0.15, 0.2) is 12.4 Å². The van der Waals surface area contributed by atoms with Gasteiger partial charge in [0.05, 0.1) is 37.3 Å². The predicted molar refractivity (Wildman–Crippen MR) is 119 cm³/mol. The largest absolute Gasteiger partial charge is 0.511 e. The summed E-state index contributed by atoms with van der Waals surface area (Å²) in [6.07, 6.45) is 4.13. The molecule has 1 amide bonds. The van der Waals surface area contributed by atoms with Crippen molar-refractivity contribution < 1.29 is 40.2 Å². The first-order chi connectivity index (χ1) is 16.8. The Hall–Kier alpha value is -2.06. The van der Waals surface area contributed by atoms with Crippen molar-refractivity contribution >= 4 is 16.1 Å². The molecule has 1 aromatic heterocycles. The number of piperidine rings is 1. The lowest BCUT2D eigenvalue weighted by Crippen LogP contribution is -2.60. The lowest BCUT2D eigenvalue weighted by Gasteiger charge is -2.41. The van der Waals surface area contributed by atoms with Gasteiger partial charge in [0.1, 0.15) is 5.82 Å². The van der Waals surface area contributed by atoms with Crippen LogP contribution in [0, 0.1) is 11.7 Å². The molecular formula is C22H30F4N4O5S. The molecule has 0 spiro atoms. The number of aromatic nitrogens is 2. The van der Waals surface area contributed by atoms with E-state index in [9.17, 15) is 30.8 Å². The van der Waals surface area contributed by atoms with Gasteiger partial charge in [-0.05, 0) is 58.3 Å². The van der Waals surface area contributed by atoms with E-state index in [-0.39, 0.29) is 37.0 Å². The third kappa shape index (κ3) is 5.59. The number of rotatable bonds is 7. The van der Waals surface area contributed by atoms with Crippen LogP contribution in [0.4, 0.5) is 22.4 Å². The van der Waals surface area contributed by atoms with Gasteiger partial charge in [0.2, 0.25) is 0 Å². The molecule has 1 aromatic rings. The van der Waals surface area contributed by atoms with Gasteiger partial charge in [-0.2, -0.15) is 13.2 Å². The number of sulfonamides is 1. The number of likely N-dealkylation sites (tertiary alicyclic amines) is 1. The average molecular weight is 539 g/mol. The zero-order valence-electron chi connectivity index (χ0n) is 20.0. The number of carbonyl (C=O) groups excluding carboxylic acids is 1. The van der Waals surface area contributed by atoms with Crippen molar-refractivity contribution in [3.63, 3.8) is 0 Å². The standard InChI is InChI=1S/C22H30F4N4O5S/c1-13(2)35-20(31)30-7-3-4-17(29-36(32,33)22(24,25)26)18(30)12-34-16-5-6-21(9-14(21)8-16)19-27-10-15(23)11-28-19/h10-11,13-14,16-18,29H,3-9,12H2,1-2H3/t14?,16?,17-,18-,21?/m0/s1. The number of amides is 1. The number of fused-ring (bicyclic) bond motifs is 1. The highest BCUT2D eigenvalue weighted by molar-refractivity contribution is 7.90. The second-order valence-corrected chi connectivity index (χ2v) is 11.7. The Morgan fingerprint density at radius 3 is 2.58 bits per heavy atom. The second-order valence-electron chi connectivity index (χ2n) is 10.0. The van der Waals surface area contributed by atoms with Gasteiger partial charge in [-0.3, -0.25) is 0 Å². The molecule has 4 rings (SSSR count). The van der Waals surface area contributed by atoms with Crippen LogP contribution in [0.25, 0.3) is 0 Å². The lowest BCUT2D eigenvalue weighted by atomic mass is 9.86. The fraction of sp³-hybridized carbons (Fsp3) is 0.773. The summed E-state index contributed by atoms with van der Waals surface area (Å²) in [7, 11) is -5.61. The number of hydrogen-bond donors (Lipinski definition) is 1. The van der Waals surface area contributed by atoms with Gasteiger partial charge in [-0.1, -0.05) is 0 Å². The molecule has 2 aliphatic carbocycles. The van der Waals surface area contributed by atoms with E-state index in [0.29, 0.717) is 31.5 Å². The van der Waals surface area contributed by atoms with E-state index in [1.165, 1.54) is 4.90 Å². The van der Waals surface area contributed by atoms with E-state index in [0.717, 1.165) is 18.8 Å². The summed E-state index contributed by atoms with van der Waals surface area (Å²) >= 11 is 0. The molecule has 0 radical (unpaired) electrons. The van der Waals surface area contributed by atoms with E-state index in [4.69, 9.17) is 9.47 Å². The molecule has 2 heterocycles. The minimum Gasteiger partial charge on any atom is -0.447 e. The predicted octanol–water partition coefficient (Wildman–Crippen LogP) is 3.26. The Balaban J connectivity index is 1.43. The first-order valence-electron chi connectivity index (χ1n) is 12.0. The maximum atomic E-state index is 13.2. The summed E-state index contributed by atoms with van der Waals surface area (Å²) in [5.74, 6) is 0.326. The SMILES string of the molecule is CC(C)OC(=O)N1CCC[C@H](NS(=O)(=O)C(F)(F)F)[C@@H]1COC1CCC2(c3ncc(F)cn3)CC2C1. The van der Waals surface area contributed by atoms with Crippen molar-refractivity contribution in [2.75, 3.05) is 13.2 Å². The molecule has 36 heavy (non-hydrogen) atoms. The summed E-state index contributed by atoms with van der Waals surface area (Å²) in [4.78, 5) is 22.2. The molecule has 0 bridgehead atoms. The van der Waals surface area contributed by atoms with Gasteiger partial charge in [0, 0.05) is 18.0 Å². The lowest BCUT2D eigenvalue weighted by molar-refractivity contribution is -0.0480. The number of nitrogens with one attached hydrogen (secondary N) is 1. The number of hydrogen-bond acceptors (Lipinski definition) is 7. The number of carbonyl (C=O) groups is 1. The van der Waals surface area contributed by atoms with Crippen LogP contribution < -0.4 is 4.72 Å². The highest BCUT2D eigenvalue weighted by atomic mass is 32.2. The summed E-state index contributed by atoms with van der Waals surface area (Å²) in [5, 5.41) is 0. The monoisotopic (exact) mass is 538 g/mol. The Bertz CT molecular complexity index is 1060. The van der Waals surface area contributed by atoms with Crippen molar-refractivity contribution in [2.45, 2.75) is 87.6 Å². The number of nitrogens with zero attached hydrogens (tertiary/aromatic N) is 3. The Kier molecular flexibility index (Phi) is 7.50. The summed E-state index contributed by atoms with van der Waals surface area (Å²) in [5.41, 5.74) is -5.68. The van der Waals surface area contributed by atoms with Crippen LogP contribution in [-0.4, -0.2) is 72.3 Å². The molecule has 202 valence electrons. The van der Waals surface area contributed by atoms with E-state index in [1.54, 1.807) is 18.6 Å². The van der Waals surface area contributed by atoms with Crippen molar-refractivity contribution in [2.24, 2.45) is 5.92 Å². The summed E-state index contributed by atoms with van der Waals surface area (Å²) in [6, 6.07) is -2.14. The average Bonchev–Trinajstić information content (AvgIpc) is 3.52. The van der Waals surface area contributed by atoms with Crippen molar-refractivity contribution in [1.82, 2.24) is 19.6 Å². The van der Waals surface area contributed by atoms with Crippen molar-refractivity contribution in [3.05, 3.63) is 24.0 Å². The summed E-state index contributed by atoms with van der Waals surface area (Å²) < 4.78 is 89.0. The molecule has 3 unspecified atom stereocenters. The molecule has 1 aliphatic heterocycles. The fourth-order valence-corrected chi connectivity index (χ4v) is 6.16. The number of ether oxygens (including phenoxy) is 2. The minimum atomic E-state index is -5.61.